The van der Waals surface area contributed by atoms with Gasteiger partial charge in [-0.05, 0) is 11.8 Å². The quantitative estimate of drug-likeness (QED) is 0.576. The Kier molecular flexibility index (Phi) is 3.96. The van der Waals surface area contributed by atoms with E-state index in [0.29, 0.717) is 0 Å². The molecule has 0 heterocycles. The first-order chi connectivity index (χ1) is 5.38. The van der Waals surface area contributed by atoms with Gasteiger partial charge in [-0.25, -0.2) is 0 Å². The van der Waals surface area contributed by atoms with E-state index in [2.05, 4.69) is 13.8 Å². The standard InChI is InChI=1S/C11H22/c1-3-7-11-9-6-5-8-10(11)4-2/h10-11H,3-9H2,1-2H3/t10?,11-/m0/s1. The Labute approximate surface area is 71.4 Å². The van der Waals surface area contributed by atoms with Gasteiger partial charge in [-0.15, -0.1) is 0 Å². The van der Waals surface area contributed by atoms with Crippen molar-refractivity contribution in [1.29, 1.82) is 0 Å². The summed E-state index contributed by atoms with van der Waals surface area (Å²) in [5.74, 6) is 2.16. The molecule has 0 bridgehead atoms. The van der Waals surface area contributed by atoms with E-state index in [9.17, 15) is 0 Å². The van der Waals surface area contributed by atoms with Crippen molar-refractivity contribution in [3.05, 3.63) is 0 Å². The molecule has 11 heavy (non-hydrogen) atoms. The van der Waals surface area contributed by atoms with Gasteiger partial charge in [0.25, 0.3) is 0 Å². The van der Waals surface area contributed by atoms with Crippen LogP contribution < -0.4 is 0 Å². The van der Waals surface area contributed by atoms with Crippen molar-refractivity contribution in [2.75, 3.05) is 0 Å². The lowest BCUT2D eigenvalue weighted by Gasteiger charge is -2.30. The van der Waals surface area contributed by atoms with Crippen LogP contribution in [0.2, 0.25) is 0 Å². The van der Waals surface area contributed by atoms with Crippen LogP contribution >= 0.6 is 0 Å². The molecule has 1 unspecified atom stereocenters. The average Bonchev–Trinajstić information content (AvgIpc) is 2.06. The topological polar surface area (TPSA) is 0 Å². The van der Waals surface area contributed by atoms with Gasteiger partial charge in [-0.1, -0.05) is 58.8 Å². The molecule has 0 amide bonds. The molecule has 0 aliphatic heterocycles. The van der Waals surface area contributed by atoms with Crippen LogP contribution in [0.4, 0.5) is 0 Å². The number of rotatable bonds is 3. The molecule has 1 saturated carbocycles. The average molecular weight is 154 g/mol. The van der Waals surface area contributed by atoms with Crippen molar-refractivity contribution in [2.24, 2.45) is 11.8 Å². The lowest BCUT2D eigenvalue weighted by Crippen LogP contribution is -2.18. The van der Waals surface area contributed by atoms with E-state index in [-0.39, 0.29) is 0 Å². The molecule has 0 heteroatoms. The second-order valence-electron chi connectivity index (χ2n) is 4.00. The van der Waals surface area contributed by atoms with Gasteiger partial charge >= 0.3 is 0 Å². The molecule has 1 fully saturated rings. The molecule has 1 aliphatic carbocycles. The van der Waals surface area contributed by atoms with Crippen molar-refractivity contribution in [3.8, 4) is 0 Å². The van der Waals surface area contributed by atoms with Gasteiger partial charge in [0, 0.05) is 0 Å². The van der Waals surface area contributed by atoms with Gasteiger partial charge in [0.05, 0.1) is 0 Å². The van der Waals surface area contributed by atoms with Crippen molar-refractivity contribution in [3.63, 3.8) is 0 Å². The van der Waals surface area contributed by atoms with Crippen LogP contribution in [0.25, 0.3) is 0 Å². The minimum Gasteiger partial charge on any atom is -0.0654 e. The summed E-state index contributed by atoms with van der Waals surface area (Å²) < 4.78 is 0. The summed E-state index contributed by atoms with van der Waals surface area (Å²) in [6.07, 6.45) is 10.3. The van der Waals surface area contributed by atoms with E-state index in [1.54, 1.807) is 0 Å². The van der Waals surface area contributed by atoms with Gasteiger partial charge in [0.2, 0.25) is 0 Å². The highest BCUT2D eigenvalue weighted by Gasteiger charge is 2.22. The van der Waals surface area contributed by atoms with E-state index >= 15 is 0 Å². The van der Waals surface area contributed by atoms with Gasteiger partial charge in [0.1, 0.15) is 0 Å². The minimum absolute atomic E-state index is 1.07. The van der Waals surface area contributed by atoms with Gasteiger partial charge in [0.15, 0.2) is 0 Å². The molecule has 0 nitrogen and oxygen atoms in total. The molecule has 66 valence electrons. The predicted molar refractivity (Wildman–Crippen MR) is 50.6 cm³/mol. The van der Waals surface area contributed by atoms with Crippen molar-refractivity contribution in [2.45, 2.75) is 58.8 Å². The highest BCUT2D eigenvalue weighted by molar-refractivity contribution is 4.73. The van der Waals surface area contributed by atoms with Crippen LogP contribution in [0, 0.1) is 11.8 Å². The Bertz CT molecular complexity index is 94.2. The second kappa shape index (κ2) is 4.79. The molecule has 0 spiro atoms. The van der Waals surface area contributed by atoms with Gasteiger partial charge in [-0.3, -0.25) is 0 Å². The molecule has 2 atom stereocenters. The van der Waals surface area contributed by atoms with Gasteiger partial charge < -0.3 is 0 Å². The third-order valence-corrected chi connectivity index (χ3v) is 3.25. The summed E-state index contributed by atoms with van der Waals surface area (Å²) >= 11 is 0. The maximum Gasteiger partial charge on any atom is -0.0386 e. The monoisotopic (exact) mass is 154 g/mol. The maximum atomic E-state index is 2.36. The summed E-state index contributed by atoms with van der Waals surface area (Å²) in [6, 6.07) is 0. The molecule has 0 N–H and O–H groups in total. The molecule has 0 aromatic heterocycles. The van der Waals surface area contributed by atoms with E-state index in [4.69, 9.17) is 0 Å². The summed E-state index contributed by atoms with van der Waals surface area (Å²) in [5, 5.41) is 0. The largest absolute Gasteiger partial charge is 0.0654 e. The van der Waals surface area contributed by atoms with Crippen LogP contribution in [0.5, 0.6) is 0 Å². The fraction of sp³-hybridized carbons (Fsp3) is 1.00. The molecule has 0 radical (unpaired) electrons. The lowest BCUT2D eigenvalue weighted by atomic mass is 9.76. The zero-order valence-electron chi connectivity index (χ0n) is 8.10. The highest BCUT2D eigenvalue weighted by Crippen LogP contribution is 2.34. The predicted octanol–water partition coefficient (Wildman–Crippen LogP) is 4.00. The molecular weight excluding hydrogens is 132 g/mol. The zero-order chi connectivity index (χ0) is 8.10. The lowest BCUT2D eigenvalue weighted by molar-refractivity contribution is 0.216. The second-order valence-corrected chi connectivity index (χ2v) is 4.00. The number of hydrogen-bond donors (Lipinski definition) is 0. The summed E-state index contributed by atoms with van der Waals surface area (Å²) in [6.45, 7) is 4.68. The van der Waals surface area contributed by atoms with Crippen LogP contribution in [0.3, 0.4) is 0 Å². The first-order valence-electron chi connectivity index (χ1n) is 5.38. The minimum atomic E-state index is 1.07. The van der Waals surface area contributed by atoms with Crippen molar-refractivity contribution < 1.29 is 0 Å². The van der Waals surface area contributed by atoms with E-state index in [1.165, 1.54) is 44.9 Å². The highest BCUT2D eigenvalue weighted by atomic mass is 14.3. The first-order valence-corrected chi connectivity index (χ1v) is 5.38. The number of hydrogen-bond acceptors (Lipinski definition) is 0. The fourth-order valence-electron chi connectivity index (χ4n) is 2.57. The molecular formula is C11H22. The Hall–Kier alpha value is 0. The van der Waals surface area contributed by atoms with Crippen LogP contribution in [0.1, 0.15) is 58.8 Å². The summed E-state index contributed by atoms with van der Waals surface area (Å²) in [5.41, 5.74) is 0. The first kappa shape index (κ1) is 9.09. The normalized spacial score (nSPS) is 32.2. The van der Waals surface area contributed by atoms with E-state index in [0.717, 1.165) is 11.8 Å². The van der Waals surface area contributed by atoms with E-state index in [1.807, 2.05) is 0 Å². The smallest absolute Gasteiger partial charge is 0.0386 e. The third-order valence-electron chi connectivity index (χ3n) is 3.25. The SMILES string of the molecule is CCC[C@H]1CCCCC1CC. The third kappa shape index (κ3) is 2.50. The Morgan fingerprint density at radius 2 is 1.64 bits per heavy atom. The Morgan fingerprint density at radius 1 is 1.00 bits per heavy atom. The zero-order valence-corrected chi connectivity index (χ0v) is 8.10. The van der Waals surface area contributed by atoms with Crippen molar-refractivity contribution >= 4 is 0 Å². The molecule has 1 aliphatic rings. The van der Waals surface area contributed by atoms with Crippen LogP contribution in [-0.4, -0.2) is 0 Å². The maximum absolute atomic E-state index is 2.36. The summed E-state index contributed by atoms with van der Waals surface area (Å²) in [4.78, 5) is 0. The fourth-order valence-corrected chi connectivity index (χ4v) is 2.57. The Balaban J connectivity index is 2.31. The van der Waals surface area contributed by atoms with Crippen molar-refractivity contribution in [1.82, 2.24) is 0 Å². The molecule has 0 aromatic rings. The van der Waals surface area contributed by atoms with Crippen LogP contribution in [0.15, 0.2) is 0 Å². The molecule has 0 aromatic carbocycles. The van der Waals surface area contributed by atoms with Crippen LogP contribution in [-0.2, 0) is 0 Å². The molecule has 0 saturated heterocycles. The molecule has 1 rings (SSSR count). The Morgan fingerprint density at radius 3 is 2.18 bits per heavy atom. The van der Waals surface area contributed by atoms with Gasteiger partial charge in [-0.2, -0.15) is 0 Å². The summed E-state index contributed by atoms with van der Waals surface area (Å²) in [7, 11) is 0. The van der Waals surface area contributed by atoms with E-state index < -0.39 is 0 Å².